The van der Waals surface area contributed by atoms with Crippen molar-refractivity contribution in [2.24, 2.45) is 11.3 Å². The maximum absolute atomic E-state index is 13.2. The van der Waals surface area contributed by atoms with E-state index in [1.807, 2.05) is 0 Å². The maximum atomic E-state index is 13.2. The fraction of sp³-hybridized carbons (Fsp3) is 0.579. The highest BCUT2D eigenvalue weighted by Gasteiger charge is 2.68. The number of hydrogen-bond donors (Lipinski definition) is 1. The van der Waals surface area contributed by atoms with Gasteiger partial charge in [0, 0.05) is 36.5 Å². The number of anilines is 1. The van der Waals surface area contributed by atoms with E-state index in [-0.39, 0.29) is 22.2 Å². The molecule has 0 radical (unpaired) electrons. The molecule has 1 aliphatic carbocycles. The third-order valence-electron chi connectivity index (χ3n) is 6.59. The molecule has 156 valence electrons. The van der Waals surface area contributed by atoms with Crippen molar-refractivity contribution in [3.63, 3.8) is 0 Å². The Hall–Kier alpha value is -1.84. The Morgan fingerprint density at radius 2 is 2.10 bits per heavy atom. The normalized spacial score (nSPS) is 29.7. The number of halogens is 4. The van der Waals surface area contributed by atoms with Gasteiger partial charge in [0.2, 0.25) is 0 Å². The zero-order valence-electron chi connectivity index (χ0n) is 15.8. The number of hydrogen-bond acceptors (Lipinski definition) is 5. The van der Waals surface area contributed by atoms with Crippen LogP contribution in [0.25, 0.3) is 11.3 Å². The molecular weight excluding hydrogens is 407 g/mol. The van der Waals surface area contributed by atoms with Crippen LogP contribution in [0, 0.1) is 11.3 Å². The Morgan fingerprint density at radius 3 is 2.66 bits per heavy atom. The van der Waals surface area contributed by atoms with Crippen LogP contribution in [-0.2, 0) is 11.3 Å². The number of aromatic nitrogens is 3. The maximum Gasteiger partial charge on any atom is 0.408 e. The van der Waals surface area contributed by atoms with Crippen molar-refractivity contribution < 1.29 is 17.9 Å². The largest absolute Gasteiger partial charge is 0.408 e. The van der Waals surface area contributed by atoms with Gasteiger partial charge in [-0.3, -0.25) is 9.58 Å². The number of pyridine rings is 1. The van der Waals surface area contributed by atoms with Crippen molar-refractivity contribution >= 4 is 17.4 Å². The first-order valence-corrected chi connectivity index (χ1v) is 9.91. The molecule has 1 unspecified atom stereocenters. The first kappa shape index (κ1) is 19.1. The number of alkyl halides is 3. The SMILES string of the molecule is CC12CN(C3COC3)C[C@H]1[C@@H]2c1cc(-c2cnc(N)c(Cl)c2)nn1CC(F)(F)F. The summed E-state index contributed by atoms with van der Waals surface area (Å²) in [6, 6.07) is 3.78. The van der Waals surface area contributed by atoms with Gasteiger partial charge in [0.15, 0.2) is 0 Å². The van der Waals surface area contributed by atoms with Gasteiger partial charge in [0.05, 0.1) is 30.0 Å². The smallest absolute Gasteiger partial charge is 0.382 e. The molecule has 6 nitrogen and oxygen atoms in total. The molecule has 3 fully saturated rings. The van der Waals surface area contributed by atoms with Crippen LogP contribution in [0.4, 0.5) is 19.0 Å². The van der Waals surface area contributed by atoms with Crippen molar-refractivity contribution in [3.05, 3.63) is 29.0 Å². The summed E-state index contributed by atoms with van der Waals surface area (Å²) in [4.78, 5) is 6.40. The second-order valence-corrected chi connectivity index (χ2v) is 8.94. The number of rotatable bonds is 4. The zero-order valence-corrected chi connectivity index (χ0v) is 16.5. The van der Waals surface area contributed by atoms with Gasteiger partial charge in [0.1, 0.15) is 12.4 Å². The molecule has 0 aromatic carbocycles. The van der Waals surface area contributed by atoms with E-state index in [1.165, 1.54) is 6.20 Å². The van der Waals surface area contributed by atoms with Gasteiger partial charge in [-0.2, -0.15) is 18.3 Å². The number of likely N-dealkylation sites (tertiary alicyclic amines) is 1. The van der Waals surface area contributed by atoms with Crippen LogP contribution in [-0.4, -0.2) is 58.2 Å². The van der Waals surface area contributed by atoms with E-state index >= 15 is 0 Å². The lowest BCUT2D eigenvalue weighted by molar-refractivity contribution is -0.143. The lowest BCUT2D eigenvalue weighted by Crippen LogP contribution is -2.49. The Bertz CT molecular complexity index is 960. The fourth-order valence-electron chi connectivity index (χ4n) is 4.91. The Morgan fingerprint density at radius 1 is 1.34 bits per heavy atom. The highest BCUT2D eigenvalue weighted by molar-refractivity contribution is 6.33. The molecule has 29 heavy (non-hydrogen) atoms. The summed E-state index contributed by atoms with van der Waals surface area (Å²) in [5.41, 5.74) is 7.22. The van der Waals surface area contributed by atoms with Crippen molar-refractivity contribution in [2.45, 2.75) is 31.6 Å². The molecule has 2 aromatic heterocycles. The molecule has 2 saturated heterocycles. The third kappa shape index (κ3) is 3.19. The molecule has 2 aliphatic heterocycles. The van der Waals surface area contributed by atoms with Crippen LogP contribution in [0.5, 0.6) is 0 Å². The summed E-state index contributed by atoms with van der Waals surface area (Å²) in [6.07, 6.45) is -2.87. The van der Waals surface area contributed by atoms with Crippen LogP contribution in [0.2, 0.25) is 5.02 Å². The van der Waals surface area contributed by atoms with Crippen molar-refractivity contribution in [1.82, 2.24) is 19.7 Å². The average Bonchev–Trinajstić information content (AvgIpc) is 2.88. The second kappa shape index (κ2) is 6.33. The highest BCUT2D eigenvalue weighted by Crippen LogP contribution is 2.68. The predicted molar refractivity (Wildman–Crippen MR) is 101 cm³/mol. The Labute approximate surface area is 170 Å². The van der Waals surface area contributed by atoms with Gasteiger partial charge in [-0.25, -0.2) is 4.98 Å². The molecule has 4 heterocycles. The number of nitrogens with zero attached hydrogens (tertiary/aromatic N) is 4. The molecular formula is C19H21ClF3N5O. The van der Waals surface area contributed by atoms with Crippen LogP contribution in [0.1, 0.15) is 18.5 Å². The summed E-state index contributed by atoms with van der Waals surface area (Å²) in [7, 11) is 0. The second-order valence-electron chi connectivity index (χ2n) is 8.53. The van der Waals surface area contributed by atoms with E-state index in [2.05, 4.69) is 21.9 Å². The molecule has 3 atom stereocenters. The minimum Gasteiger partial charge on any atom is -0.382 e. The quantitative estimate of drug-likeness (QED) is 0.811. The van der Waals surface area contributed by atoms with Gasteiger partial charge < -0.3 is 10.5 Å². The third-order valence-corrected chi connectivity index (χ3v) is 6.89. The molecule has 0 bridgehead atoms. The molecule has 0 spiro atoms. The van der Waals surface area contributed by atoms with Gasteiger partial charge in [0.25, 0.3) is 0 Å². The van der Waals surface area contributed by atoms with E-state index < -0.39 is 12.7 Å². The lowest BCUT2D eigenvalue weighted by atomic mass is 10.0. The van der Waals surface area contributed by atoms with E-state index in [9.17, 15) is 13.2 Å². The van der Waals surface area contributed by atoms with Crippen molar-refractivity contribution in [2.75, 3.05) is 32.0 Å². The van der Waals surface area contributed by atoms with Crippen LogP contribution < -0.4 is 5.73 Å². The van der Waals surface area contributed by atoms with E-state index in [4.69, 9.17) is 22.1 Å². The lowest BCUT2D eigenvalue weighted by Gasteiger charge is -2.36. The highest BCUT2D eigenvalue weighted by atomic mass is 35.5. The minimum atomic E-state index is -4.35. The molecule has 5 rings (SSSR count). The first-order valence-electron chi connectivity index (χ1n) is 9.53. The molecule has 3 aliphatic rings. The van der Waals surface area contributed by atoms with Gasteiger partial charge >= 0.3 is 6.18 Å². The van der Waals surface area contributed by atoms with Crippen LogP contribution >= 0.6 is 11.6 Å². The Kier molecular flexibility index (Phi) is 4.18. The van der Waals surface area contributed by atoms with Crippen molar-refractivity contribution in [1.29, 1.82) is 0 Å². The molecule has 1 saturated carbocycles. The number of fused-ring (bicyclic) bond motifs is 1. The van der Waals surface area contributed by atoms with E-state index in [0.717, 1.165) is 31.0 Å². The Balaban J connectivity index is 1.46. The molecule has 10 heteroatoms. The minimum absolute atomic E-state index is 0.0345. The fourth-order valence-corrected chi connectivity index (χ4v) is 5.08. The number of piperidine rings is 1. The molecule has 2 aromatic rings. The van der Waals surface area contributed by atoms with Crippen LogP contribution in [0.3, 0.4) is 0 Å². The topological polar surface area (TPSA) is 69.2 Å². The number of ether oxygens (including phenoxy) is 1. The van der Waals surface area contributed by atoms with Crippen LogP contribution in [0.15, 0.2) is 18.3 Å². The van der Waals surface area contributed by atoms with Crippen molar-refractivity contribution in [3.8, 4) is 11.3 Å². The average molecular weight is 428 g/mol. The molecule has 2 N–H and O–H groups in total. The zero-order chi connectivity index (χ0) is 20.6. The summed E-state index contributed by atoms with van der Waals surface area (Å²) in [5, 5.41) is 4.51. The van der Waals surface area contributed by atoms with Gasteiger partial charge in [-0.05, 0) is 23.5 Å². The van der Waals surface area contributed by atoms with E-state index in [0.29, 0.717) is 28.9 Å². The summed E-state index contributed by atoms with van der Waals surface area (Å²) < 4.78 is 46.0. The van der Waals surface area contributed by atoms with Gasteiger partial charge in [-0.1, -0.05) is 18.5 Å². The summed E-state index contributed by atoms with van der Waals surface area (Å²) >= 11 is 6.04. The number of nitrogens with two attached hydrogens (primary N) is 1. The van der Waals surface area contributed by atoms with E-state index in [1.54, 1.807) is 12.1 Å². The van der Waals surface area contributed by atoms with Gasteiger partial charge in [-0.15, -0.1) is 0 Å². The summed E-state index contributed by atoms with van der Waals surface area (Å²) in [5.74, 6) is 0.558. The first-order chi connectivity index (χ1) is 13.7. The summed E-state index contributed by atoms with van der Waals surface area (Å²) in [6.45, 7) is 4.30. The monoisotopic (exact) mass is 427 g/mol. The predicted octanol–water partition coefficient (Wildman–Crippen LogP) is 3.18. The molecule has 0 amide bonds. The number of nitrogen functional groups attached to an aromatic ring is 1. The standard InChI is InChI=1S/C19H21ClF3N5O/c1-18-8-27(11-6-29-7-11)5-12(18)16(18)15-3-14(26-28(15)9-19(21,22)23)10-2-13(20)17(24)25-4-10/h2-4,11-12,16H,5-9H2,1H3,(H2,24,25)/t12-,16+,18?/m0/s1.